The molecule has 0 N–H and O–H groups in total. The van der Waals surface area contributed by atoms with E-state index in [9.17, 15) is 9.59 Å². The van der Waals surface area contributed by atoms with Gasteiger partial charge in [-0.2, -0.15) is 0 Å². The maximum atomic E-state index is 12.4. The normalized spacial score (nSPS) is 11.8. The second-order valence-electron chi connectivity index (χ2n) is 5.84. The van der Waals surface area contributed by atoms with E-state index in [0.29, 0.717) is 17.7 Å². The zero-order chi connectivity index (χ0) is 17.7. The third-order valence-corrected chi connectivity index (χ3v) is 3.92. The summed E-state index contributed by atoms with van der Waals surface area (Å²) in [6, 6.07) is 12.5. The minimum atomic E-state index is -0.842. The highest BCUT2D eigenvalue weighted by Gasteiger charge is 2.20. The number of carbonyl (C=O) groups excluding carboxylic acids is 2. The third kappa shape index (κ3) is 4.30. The number of hydrogen-bond acceptors (Lipinski definition) is 4. The van der Waals surface area contributed by atoms with Crippen molar-refractivity contribution in [1.82, 2.24) is 0 Å². The Balaban J connectivity index is 2.09. The number of rotatable bonds is 6. The van der Waals surface area contributed by atoms with Crippen LogP contribution in [0, 0.1) is 13.8 Å². The van der Waals surface area contributed by atoms with Gasteiger partial charge in [0.25, 0.3) is 0 Å². The van der Waals surface area contributed by atoms with Crippen LogP contribution in [0.3, 0.4) is 0 Å². The molecule has 4 nitrogen and oxygen atoms in total. The van der Waals surface area contributed by atoms with Gasteiger partial charge in [0, 0.05) is 12.7 Å². The molecule has 0 amide bonds. The van der Waals surface area contributed by atoms with E-state index < -0.39 is 12.1 Å². The van der Waals surface area contributed by atoms with Crippen LogP contribution in [-0.4, -0.2) is 25.0 Å². The van der Waals surface area contributed by atoms with Crippen molar-refractivity contribution in [3.63, 3.8) is 0 Å². The number of hydrogen-bond donors (Lipinski definition) is 0. The van der Waals surface area contributed by atoms with Crippen LogP contribution in [0.5, 0.6) is 0 Å². The van der Waals surface area contributed by atoms with Gasteiger partial charge >= 0.3 is 5.97 Å². The minimum absolute atomic E-state index is 0.209. The summed E-state index contributed by atoms with van der Waals surface area (Å²) in [7, 11) is 1.59. The van der Waals surface area contributed by atoms with Crippen molar-refractivity contribution in [1.29, 1.82) is 0 Å². The Hall–Kier alpha value is -2.46. The van der Waals surface area contributed by atoms with Gasteiger partial charge in [0.05, 0.1) is 12.2 Å². The molecule has 2 rings (SSSR count). The van der Waals surface area contributed by atoms with Gasteiger partial charge < -0.3 is 9.47 Å². The molecule has 2 aromatic rings. The van der Waals surface area contributed by atoms with Crippen LogP contribution in [0.15, 0.2) is 42.5 Å². The average molecular weight is 326 g/mol. The van der Waals surface area contributed by atoms with Crippen molar-refractivity contribution in [2.75, 3.05) is 7.11 Å². The van der Waals surface area contributed by atoms with Crippen LogP contribution in [0.4, 0.5) is 0 Å². The Morgan fingerprint density at radius 3 is 2.42 bits per heavy atom. The number of carbonyl (C=O) groups is 2. The molecule has 2 aromatic carbocycles. The summed E-state index contributed by atoms with van der Waals surface area (Å²) in [4.78, 5) is 24.7. The van der Waals surface area contributed by atoms with Crippen LogP contribution in [0.1, 0.15) is 44.3 Å². The molecule has 0 saturated carbocycles. The molecule has 4 heteroatoms. The molecule has 0 aliphatic heterocycles. The Morgan fingerprint density at radius 1 is 1.00 bits per heavy atom. The largest absolute Gasteiger partial charge is 0.451 e. The van der Waals surface area contributed by atoms with Crippen LogP contribution in [0.2, 0.25) is 0 Å². The average Bonchev–Trinajstić information content (AvgIpc) is 2.57. The van der Waals surface area contributed by atoms with E-state index in [1.807, 2.05) is 32.0 Å². The lowest BCUT2D eigenvalue weighted by Crippen LogP contribution is -2.24. The highest BCUT2D eigenvalue weighted by Crippen LogP contribution is 2.15. The Morgan fingerprint density at radius 2 is 1.75 bits per heavy atom. The zero-order valence-electron chi connectivity index (χ0n) is 14.5. The van der Waals surface area contributed by atoms with Crippen LogP contribution < -0.4 is 0 Å². The molecule has 1 atom stereocenters. The topological polar surface area (TPSA) is 52.6 Å². The summed E-state index contributed by atoms with van der Waals surface area (Å²) in [5, 5.41) is 0. The predicted octanol–water partition coefficient (Wildman–Crippen LogP) is 3.88. The van der Waals surface area contributed by atoms with Crippen molar-refractivity contribution in [3.8, 4) is 0 Å². The molecule has 0 aliphatic rings. The number of aryl methyl sites for hydroxylation is 2. The van der Waals surface area contributed by atoms with Gasteiger partial charge in [0.2, 0.25) is 5.78 Å². The lowest BCUT2D eigenvalue weighted by Gasteiger charge is -2.13. The van der Waals surface area contributed by atoms with E-state index in [2.05, 4.69) is 0 Å². The molecule has 0 radical (unpaired) electrons. The summed E-state index contributed by atoms with van der Waals surface area (Å²) in [6.07, 6.45) is -0.842. The summed E-state index contributed by atoms with van der Waals surface area (Å²) in [5.74, 6) is -0.725. The fraction of sp³-hybridized carbons (Fsp3) is 0.300. The van der Waals surface area contributed by atoms with E-state index in [4.69, 9.17) is 9.47 Å². The molecule has 0 spiro atoms. The first-order valence-electron chi connectivity index (χ1n) is 7.82. The Labute approximate surface area is 142 Å². The van der Waals surface area contributed by atoms with E-state index in [0.717, 1.165) is 16.7 Å². The molecule has 0 fully saturated rings. The molecular formula is C20H22O4. The third-order valence-electron chi connectivity index (χ3n) is 3.92. The number of ketones is 1. The molecule has 0 aliphatic carbocycles. The van der Waals surface area contributed by atoms with Gasteiger partial charge in [0.1, 0.15) is 0 Å². The van der Waals surface area contributed by atoms with Gasteiger partial charge in [-0.25, -0.2) is 4.79 Å². The van der Waals surface area contributed by atoms with Crippen molar-refractivity contribution in [2.24, 2.45) is 0 Å². The second kappa shape index (κ2) is 7.88. The van der Waals surface area contributed by atoms with Crippen molar-refractivity contribution in [3.05, 3.63) is 70.3 Å². The number of methoxy groups -OCH3 is 1. The Bertz CT molecular complexity index is 749. The second-order valence-corrected chi connectivity index (χ2v) is 5.84. The van der Waals surface area contributed by atoms with Gasteiger partial charge in [-0.3, -0.25) is 4.79 Å². The first kappa shape index (κ1) is 17.9. The molecule has 1 unspecified atom stereocenters. The number of ether oxygens (including phenoxy) is 2. The van der Waals surface area contributed by atoms with E-state index >= 15 is 0 Å². The summed E-state index contributed by atoms with van der Waals surface area (Å²) in [5.41, 5.74) is 3.98. The smallest absolute Gasteiger partial charge is 0.338 e. The quantitative estimate of drug-likeness (QED) is 0.597. The van der Waals surface area contributed by atoms with E-state index in [-0.39, 0.29) is 5.78 Å². The predicted molar refractivity (Wildman–Crippen MR) is 92.3 cm³/mol. The van der Waals surface area contributed by atoms with Crippen LogP contribution >= 0.6 is 0 Å². The van der Waals surface area contributed by atoms with Gasteiger partial charge in [0.15, 0.2) is 6.10 Å². The monoisotopic (exact) mass is 326 g/mol. The highest BCUT2D eigenvalue weighted by molar-refractivity contribution is 6.01. The number of benzene rings is 2. The van der Waals surface area contributed by atoms with E-state index in [1.54, 1.807) is 38.3 Å². The summed E-state index contributed by atoms with van der Waals surface area (Å²) in [6.45, 7) is 5.94. The zero-order valence-corrected chi connectivity index (χ0v) is 14.5. The van der Waals surface area contributed by atoms with Crippen LogP contribution in [0.25, 0.3) is 0 Å². The molecule has 0 heterocycles. The van der Waals surface area contributed by atoms with Gasteiger partial charge in [-0.15, -0.1) is 0 Å². The summed E-state index contributed by atoms with van der Waals surface area (Å²) >= 11 is 0. The molecule has 126 valence electrons. The molecule has 24 heavy (non-hydrogen) atoms. The fourth-order valence-corrected chi connectivity index (χ4v) is 2.37. The standard InChI is InChI=1S/C20H22O4/c1-13-8-9-17(10-14(13)2)19(21)15(3)24-20(22)18-7-5-6-16(11-18)12-23-4/h5-11,15H,12H2,1-4H3. The molecule has 0 bridgehead atoms. The van der Waals surface area contributed by atoms with Crippen molar-refractivity contribution < 1.29 is 19.1 Å². The SMILES string of the molecule is COCc1cccc(C(=O)OC(C)C(=O)c2ccc(C)c(C)c2)c1. The first-order chi connectivity index (χ1) is 11.4. The lowest BCUT2D eigenvalue weighted by molar-refractivity contribution is 0.0318. The maximum absolute atomic E-state index is 12.4. The number of Topliss-reactive ketones (excluding diaryl/α,β-unsaturated/α-hetero) is 1. The maximum Gasteiger partial charge on any atom is 0.338 e. The molecule has 0 saturated heterocycles. The molecule has 0 aromatic heterocycles. The Kier molecular flexibility index (Phi) is 5.88. The van der Waals surface area contributed by atoms with Crippen molar-refractivity contribution in [2.45, 2.75) is 33.5 Å². The first-order valence-corrected chi connectivity index (χ1v) is 7.82. The van der Waals surface area contributed by atoms with Crippen LogP contribution in [-0.2, 0) is 16.1 Å². The van der Waals surface area contributed by atoms with Crippen molar-refractivity contribution >= 4 is 11.8 Å². The van der Waals surface area contributed by atoms with E-state index in [1.165, 1.54) is 0 Å². The highest BCUT2D eigenvalue weighted by atomic mass is 16.5. The van der Waals surface area contributed by atoms with Gasteiger partial charge in [-0.1, -0.05) is 24.3 Å². The minimum Gasteiger partial charge on any atom is -0.451 e. The summed E-state index contributed by atoms with van der Waals surface area (Å²) < 4.78 is 10.4. The van der Waals surface area contributed by atoms with Gasteiger partial charge in [-0.05, 0) is 55.7 Å². The lowest BCUT2D eigenvalue weighted by atomic mass is 10.0. The fourth-order valence-electron chi connectivity index (χ4n) is 2.37. The number of esters is 1. The molecular weight excluding hydrogens is 304 g/mol.